The SMILES string of the molecule is CNC(c1ccoc1Cl)c1ncc(OC)nc1OC. The van der Waals surface area contributed by atoms with Crippen molar-refractivity contribution in [3.8, 4) is 11.8 Å². The summed E-state index contributed by atoms with van der Waals surface area (Å²) in [5, 5.41) is 3.41. The number of nitrogens with zero attached hydrogens (tertiary/aromatic N) is 2. The van der Waals surface area contributed by atoms with Crippen LogP contribution in [0.5, 0.6) is 11.8 Å². The molecule has 0 saturated heterocycles. The van der Waals surface area contributed by atoms with Gasteiger partial charge in [0.2, 0.25) is 11.8 Å². The van der Waals surface area contributed by atoms with Crippen LogP contribution in [0.1, 0.15) is 17.3 Å². The lowest BCUT2D eigenvalue weighted by molar-refractivity contribution is 0.353. The molecule has 2 aromatic rings. The van der Waals surface area contributed by atoms with Crippen LogP contribution < -0.4 is 14.8 Å². The summed E-state index contributed by atoms with van der Waals surface area (Å²) in [5.41, 5.74) is 1.37. The van der Waals surface area contributed by atoms with Gasteiger partial charge in [-0.25, -0.2) is 4.98 Å². The Balaban J connectivity index is 2.46. The maximum absolute atomic E-state index is 6.00. The number of ether oxygens (including phenoxy) is 2. The van der Waals surface area contributed by atoms with E-state index in [0.717, 1.165) is 5.56 Å². The third kappa shape index (κ3) is 2.64. The van der Waals surface area contributed by atoms with Gasteiger partial charge in [0.05, 0.1) is 32.7 Å². The van der Waals surface area contributed by atoms with E-state index in [4.69, 9.17) is 25.5 Å². The van der Waals surface area contributed by atoms with E-state index in [1.165, 1.54) is 26.7 Å². The largest absolute Gasteiger partial charge is 0.480 e. The molecule has 1 unspecified atom stereocenters. The van der Waals surface area contributed by atoms with Gasteiger partial charge in [-0.3, -0.25) is 0 Å². The molecule has 0 saturated carbocycles. The molecule has 0 aliphatic rings. The Kier molecular flexibility index (Phi) is 4.24. The van der Waals surface area contributed by atoms with E-state index in [1.807, 2.05) is 0 Å². The summed E-state index contributed by atoms with van der Waals surface area (Å²) in [4.78, 5) is 8.51. The van der Waals surface area contributed by atoms with E-state index < -0.39 is 0 Å². The van der Waals surface area contributed by atoms with Crippen LogP contribution in [0, 0.1) is 0 Å². The summed E-state index contributed by atoms with van der Waals surface area (Å²) < 4.78 is 15.4. The molecule has 0 amide bonds. The van der Waals surface area contributed by atoms with Gasteiger partial charge in [0.15, 0.2) is 5.22 Å². The summed E-state index contributed by atoms with van der Waals surface area (Å²) in [5.74, 6) is 0.754. The highest BCUT2D eigenvalue weighted by Gasteiger charge is 2.23. The van der Waals surface area contributed by atoms with Crippen LogP contribution in [0.4, 0.5) is 0 Å². The molecule has 19 heavy (non-hydrogen) atoms. The lowest BCUT2D eigenvalue weighted by atomic mass is 10.1. The molecule has 0 fully saturated rings. The molecule has 1 N–H and O–H groups in total. The molecule has 0 spiro atoms. The van der Waals surface area contributed by atoms with Crippen molar-refractivity contribution in [2.75, 3.05) is 21.3 Å². The number of rotatable bonds is 5. The van der Waals surface area contributed by atoms with E-state index in [-0.39, 0.29) is 6.04 Å². The van der Waals surface area contributed by atoms with E-state index in [1.54, 1.807) is 13.1 Å². The third-order valence-corrected chi connectivity index (χ3v) is 2.97. The molecular weight excluding hydrogens is 270 g/mol. The van der Waals surface area contributed by atoms with Gasteiger partial charge in [-0.2, -0.15) is 4.98 Å². The minimum Gasteiger partial charge on any atom is -0.480 e. The van der Waals surface area contributed by atoms with Gasteiger partial charge >= 0.3 is 0 Å². The molecule has 0 aliphatic heterocycles. The summed E-state index contributed by atoms with van der Waals surface area (Å²) in [6.07, 6.45) is 3.04. The molecule has 2 aromatic heterocycles. The first-order valence-corrected chi connectivity index (χ1v) is 5.94. The Morgan fingerprint density at radius 2 is 2.16 bits per heavy atom. The minimum atomic E-state index is -0.278. The van der Waals surface area contributed by atoms with Gasteiger partial charge in [0.1, 0.15) is 5.69 Å². The Morgan fingerprint density at radius 1 is 1.37 bits per heavy atom. The zero-order valence-electron chi connectivity index (χ0n) is 10.8. The second-order valence-corrected chi connectivity index (χ2v) is 4.02. The molecule has 0 aromatic carbocycles. The average molecular weight is 284 g/mol. The highest BCUT2D eigenvalue weighted by atomic mass is 35.5. The van der Waals surface area contributed by atoms with Crippen LogP contribution in [0.15, 0.2) is 22.9 Å². The average Bonchev–Trinajstić information content (AvgIpc) is 2.86. The van der Waals surface area contributed by atoms with E-state index >= 15 is 0 Å². The summed E-state index contributed by atoms with van der Waals surface area (Å²) in [6, 6.07) is 1.49. The molecule has 0 aliphatic carbocycles. The molecule has 0 radical (unpaired) electrons. The van der Waals surface area contributed by atoms with Crippen molar-refractivity contribution in [1.82, 2.24) is 15.3 Å². The van der Waals surface area contributed by atoms with Crippen LogP contribution in [0.3, 0.4) is 0 Å². The van der Waals surface area contributed by atoms with E-state index in [2.05, 4.69) is 15.3 Å². The molecular formula is C12H14ClN3O3. The van der Waals surface area contributed by atoms with Crippen molar-refractivity contribution >= 4 is 11.6 Å². The number of hydrogen-bond acceptors (Lipinski definition) is 6. The predicted octanol–water partition coefficient (Wildman–Crippen LogP) is 2.05. The monoisotopic (exact) mass is 283 g/mol. The summed E-state index contributed by atoms with van der Waals surface area (Å²) in [7, 11) is 4.83. The van der Waals surface area contributed by atoms with Crippen molar-refractivity contribution in [2.24, 2.45) is 0 Å². The Hall–Kier alpha value is -1.79. The fourth-order valence-corrected chi connectivity index (χ4v) is 1.99. The first-order valence-electron chi connectivity index (χ1n) is 5.56. The van der Waals surface area contributed by atoms with Gasteiger partial charge in [-0.05, 0) is 24.7 Å². The maximum Gasteiger partial charge on any atom is 0.240 e. The van der Waals surface area contributed by atoms with Crippen LogP contribution in [0.25, 0.3) is 0 Å². The van der Waals surface area contributed by atoms with Crippen LogP contribution in [0.2, 0.25) is 5.22 Å². The van der Waals surface area contributed by atoms with Crippen LogP contribution in [-0.4, -0.2) is 31.2 Å². The molecule has 102 valence electrons. The molecule has 7 heteroatoms. The Bertz CT molecular complexity index is 559. The van der Waals surface area contributed by atoms with Crippen molar-refractivity contribution in [3.05, 3.63) is 35.0 Å². The standard InChI is InChI=1S/C12H14ClN3O3/c1-14-9(7-4-5-19-11(7)13)10-12(18-3)16-8(17-2)6-15-10/h4-6,9,14H,1-3H3. The number of furan rings is 1. The number of nitrogens with one attached hydrogen (secondary N) is 1. The zero-order chi connectivity index (χ0) is 13.8. The predicted molar refractivity (Wildman–Crippen MR) is 69.8 cm³/mol. The quantitative estimate of drug-likeness (QED) is 0.906. The molecule has 1 atom stereocenters. The third-order valence-electron chi connectivity index (χ3n) is 2.67. The highest BCUT2D eigenvalue weighted by molar-refractivity contribution is 6.29. The van der Waals surface area contributed by atoms with E-state index in [9.17, 15) is 0 Å². The van der Waals surface area contributed by atoms with Gasteiger partial charge in [-0.1, -0.05) is 0 Å². The van der Waals surface area contributed by atoms with Gasteiger partial charge in [0, 0.05) is 5.56 Å². The second-order valence-electron chi connectivity index (χ2n) is 3.68. The Labute approximate surface area is 115 Å². The normalized spacial score (nSPS) is 12.2. The van der Waals surface area contributed by atoms with Crippen LogP contribution >= 0.6 is 11.6 Å². The van der Waals surface area contributed by atoms with Gasteiger partial charge < -0.3 is 19.2 Å². The molecule has 2 heterocycles. The van der Waals surface area contributed by atoms with Crippen molar-refractivity contribution in [2.45, 2.75) is 6.04 Å². The maximum atomic E-state index is 6.00. The lowest BCUT2D eigenvalue weighted by Gasteiger charge is -2.16. The van der Waals surface area contributed by atoms with Crippen molar-refractivity contribution in [1.29, 1.82) is 0 Å². The van der Waals surface area contributed by atoms with E-state index in [0.29, 0.717) is 22.7 Å². The smallest absolute Gasteiger partial charge is 0.240 e. The number of hydrogen-bond donors (Lipinski definition) is 1. The first kappa shape index (κ1) is 13.6. The topological polar surface area (TPSA) is 69.4 Å². The summed E-state index contributed by atoms with van der Waals surface area (Å²) in [6.45, 7) is 0. The van der Waals surface area contributed by atoms with Crippen molar-refractivity contribution < 1.29 is 13.9 Å². The second kappa shape index (κ2) is 5.90. The first-order chi connectivity index (χ1) is 9.21. The Morgan fingerprint density at radius 3 is 2.68 bits per heavy atom. The number of halogens is 1. The number of methoxy groups -OCH3 is 2. The zero-order valence-corrected chi connectivity index (χ0v) is 11.6. The fourth-order valence-electron chi connectivity index (χ4n) is 1.76. The fraction of sp³-hybridized carbons (Fsp3) is 0.333. The van der Waals surface area contributed by atoms with Gasteiger partial charge in [-0.15, -0.1) is 0 Å². The van der Waals surface area contributed by atoms with Crippen LogP contribution in [-0.2, 0) is 0 Å². The highest BCUT2D eigenvalue weighted by Crippen LogP contribution is 2.32. The lowest BCUT2D eigenvalue weighted by Crippen LogP contribution is -2.20. The van der Waals surface area contributed by atoms with Gasteiger partial charge in [0.25, 0.3) is 0 Å². The summed E-state index contributed by atoms with van der Waals surface area (Å²) >= 11 is 6.00. The molecule has 0 bridgehead atoms. The van der Waals surface area contributed by atoms with Crippen molar-refractivity contribution in [3.63, 3.8) is 0 Å². The minimum absolute atomic E-state index is 0.278. The molecule has 2 rings (SSSR count). The molecule has 6 nitrogen and oxygen atoms in total. The number of aromatic nitrogens is 2.